The number of carbonyl (C=O) groups excluding carboxylic acids is 2. The molecule has 1 atom stereocenters. The molecule has 1 fully saturated rings. The van der Waals surface area contributed by atoms with Crippen molar-refractivity contribution in [3.8, 4) is 0 Å². The number of amidine groups is 1. The number of benzene rings is 1. The van der Waals surface area contributed by atoms with Crippen molar-refractivity contribution in [3.63, 3.8) is 0 Å². The van der Waals surface area contributed by atoms with Crippen molar-refractivity contribution in [1.29, 1.82) is 0 Å². The molecule has 2 rings (SSSR count). The van der Waals surface area contributed by atoms with Gasteiger partial charge in [0.2, 0.25) is 11.8 Å². The van der Waals surface area contributed by atoms with Gasteiger partial charge in [0.25, 0.3) is 0 Å². The first-order valence-electron chi connectivity index (χ1n) is 7.61. The lowest BCUT2D eigenvalue weighted by molar-refractivity contribution is -0.122. The summed E-state index contributed by atoms with van der Waals surface area (Å²) in [6.45, 7) is 5.89. The van der Waals surface area contributed by atoms with Gasteiger partial charge in [0, 0.05) is 17.2 Å². The summed E-state index contributed by atoms with van der Waals surface area (Å²) in [7, 11) is 0. The van der Waals surface area contributed by atoms with Gasteiger partial charge in [-0.2, -0.15) is 5.10 Å². The van der Waals surface area contributed by atoms with Crippen LogP contribution in [0.25, 0.3) is 0 Å². The first-order chi connectivity index (χ1) is 11.8. The maximum absolute atomic E-state index is 12.1. The number of hydrogen-bond acceptors (Lipinski definition) is 5. The van der Waals surface area contributed by atoms with Gasteiger partial charge in [-0.3, -0.25) is 9.59 Å². The van der Waals surface area contributed by atoms with Crippen LogP contribution < -0.4 is 10.6 Å². The van der Waals surface area contributed by atoms with Crippen LogP contribution >= 0.6 is 35.0 Å². The average Bonchev–Trinajstić information content (AvgIpc) is 2.87. The fourth-order valence-corrected chi connectivity index (χ4v) is 3.16. The van der Waals surface area contributed by atoms with Gasteiger partial charge in [-0.05, 0) is 31.0 Å². The summed E-state index contributed by atoms with van der Waals surface area (Å²) in [5.41, 5.74) is 1.31. The first-order valence-corrected chi connectivity index (χ1v) is 9.24. The van der Waals surface area contributed by atoms with Crippen LogP contribution in [0.3, 0.4) is 0 Å². The fraction of sp³-hybridized carbons (Fsp3) is 0.375. The van der Waals surface area contributed by atoms with Crippen LogP contribution in [0.4, 0.5) is 5.69 Å². The number of hydrogen-bond donors (Lipinski definition) is 2. The van der Waals surface area contributed by atoms with Crippen LogP contribution in [0.15, 0.2) is 28.4 Å². The van der Waals surface area contributed by atoms with E-state index in [9.17, 15) is 9.59 Å². The molecule has 2 N–H and O–H groups in total. The Bertz CT molecular complexity index is 750. The third-order valence-electron chi connectivity index (χ3n) is 3.49. The molecule has 0 aromatic heterocycles. The van der Waals surface area contributed by atoms with Gasteiger partial charge in [0.05, 0.1) is 10.7 Å². The predicted octanol–water partition coefficient (Wildman–Crippen LogP) is 3.94. The molecular formula is C16H18Cl2N4O2S. The molecule has 1 aliphatic heterocycles. The van der Waals surface area contributed by atoms with Crippen molar-refractivity contribution < 1.29 is 9.59 Å². The number of rotatable bonds is 5. The molecule has 0 bridgehead atoms. The highest BCUT2D eigenvalue weighted by molar-refractivity contribution is 8.15. The summed E-state index contributed by atoms with van der Waals surface area (Å²) >= 11 is 13.0. The van der Waals surface area contributed by atoms with Gasteiger partial charge in [-0.1, -0.05) is 48.8 Å². The summed E-state index contributed by atoms with van der Waals surface area (Å²) in [5, 5.41) is 14.1. The van der Waals surface area contributed by atoms with E-state index in [-0.39, 0.29) is 24.2 Å². The summed E-state index contributed by atoms with van der Waals surface area (Å²) in [5.74, 6) is -0.310. The minimum absolute atomic E-state index is 0.00134. The molecule has 134 valence electrons. The highest BCUT2D eigenvalue weighted by atomic mass is 35.5. The Balaban J connectivity index is 1.96. The predicted molar refractivity (Wildman–Crippen MR) is 105 cm³/mol. The molecule has 25 heavy (non-hydrogen) atoms. The van der Waals surface area contributed by atoms with Crippen molar-refractivity contribution in [2.75, 3.05) is 5.32 Å². The number of carbonyl (C=O) groups is 2. The van der Waals surface area contributed by atoms with Crippen molar-refractivity contribution in [2.45, 2.75) is 32.4 Å². The topological polar surface area (TPSA) is 82.9 Å². The Kier molecular flexibility index (Phi) is 6.87. The van der Waals surface area contributed by atoms with E-state index in [1.165, 1.54) is 17.8 Å². The van der Waals surface area contributed by atoms with E-state index in [1.54, 1.807) is 12.1 Å². The maximum atomic E-state index is 12.1. The van der Waals surface area contributed by atoms with Crippen LogP contribution in [-0.2, 0) is 9.59 Å². The Labute approximate surface area is 160 Å². The third kappa shape index (κ3) is 5.73. The molecule has 1 saturated heterocycles. The Morgan fingerprint density at radius 2 is 2.12 bits per heavy atom. The molecule has 1 aromatic carbocycles. The molecule has 2 amide bonds. The molecule has 0 aliphatic carbocycles. The van der Waals surface area contributed by atoms with E-state index < -0.39 is 5.25 Å². The van der Waals surface area contributed by atoms with Crippen LogP contribution in [0.2, 0.25) is 10.0 Å². The van der Waals surface area contributed by atoms with Gasteiger partial charge in [-0.25, -0.2) is 0 Å². The zero-order valence-electron chi connectivity index (χ0n) is 14.0. The average molecular weight is 401 g/mol. The molecule has 0 saturated carbocycles. The zero-order chi connectivity index (χ0) is 18.6. The second-order valence-corrected chi connectivity index (χ2v) is 7.81. The summed E-state index contributed by atoms with van der Waals surface area (Å²) in [4.78, 5) is 24.1. The van der Waals surface area contributed by atoms with Gasteiger partial charge in [-0.15, -0.1) is 5.10 Å². The third-order valence-corrected chi connectivity index (χ3v) is 5.11. The minimum atomic E-state index is -0.556. The smallest absolute Gasteiger partial charge is 0.240 e. The van der Waals surface area contributed by atoms with E-state index >= 15 is 0 Å². The number of thioether (sulfide) groups is 1. The lowest BCUT2D eigenvalue weighted by atomic mass is 10.1. The quantitative estimate of drug-likeness (QED) is 0.579. The van der Waals surface area contributed by atoms with Crippen molar-refractivity contribution >= 4 is 63.3 Å². The highest BCUT2D eigenvalue weighted by Crippen LogP contribution is 2.27. The largest absolute Gasteiger partial charge is 0.325 e. The number of anilines is 1. The number of nitrogens with zero attached hydrogens (tertiary/aromatic N) is 2. The van der Waals surface area contributed by atoms with Crippen LogP contribution in [-0.4, -0.2) is 27.9 Å². The second kappa shape index (κ2) is 8.69. The molecule has 1 heterocycles. The van der Waals surface area contributed by atoms with E-state index in [0.29, 0.717) is 20.9 Å². The van der Waals surface area contributed by atoms with Crippen LogP contribution in [0, 0.1) is 5.92 Å². The number of halogens is 2. The van der Waals surface area contributed by atoms with Crippen LogP contribution in [0.1, 0.15) is 27.2 Å². The first kappa shape index (κ1) is 19.8. The van der Waals surface area contributed by atoms with E-state index in [1.807, 2.05) is 20.8 Å². The van der Waals surface area contributed by atoms with Crippen molar-refractivity contribution in [3.05, 3.63) is 28.2 Å². The number of nitrogens with one attached hydrogen (secondary N) is 2. The van der Waals surface area contributed by atoms with E-state index in [2.05, 4.69) is 20.8 Å². The van der Waals surface area contributed by atoms with E-state index in [4.69, 9.17) is 23.2 Å². The monoisotopic (exact) mass is 400 g/mol. The molecule has 1 aromatic rings. The standard InChI is InChI=1S/C16H18Cl2N4O2S/c1-8(2)9(3)21-22-16-20-15(24)13(25-16)7-14(23)19-12-5-4-10(17)6-11(12)18/h4-6,8,13H,7H2,1-3H3,(H,19,23)(H,20,22,24)/t13-/m1/s1. The van der Waals surface area contributed by atoms with Gasteiger partial charge < -0.3 is 10.6 Å². The van der Waals surface area contributed by atoms with Gasteiger partial charge in [0.15, 0.2) is 5.17 Å². The summed E-state index contributed by atoms with van der Waals surface area (Å²) in [6, 6.07) is 4.77. The molecule has 6 nitrogen and oxygen atoms in total. The summed E-state index contributed by atoms with van der Waals surface area (Å²) in [6.07, 6.45) is 0.00134. The Hall–Kier alpha value is -1.57. The van der Waals surface area contributed by atoms with Crippen LogP contribution in [0.5, 0.6) is 0 Å². The maximum Gasteiger partial charge on any atom is 0.240 e. The van der Waals surface area contributed by atoms with Crippen molar-refractivity contribution in [2.24, 2.45) is 16.1 Å². The lowest BCUT2D eigenvalue weighted by Crippen LogP contribution is -2.28. The van der Waals surface area contributed by atoms with Gasteiger partial charge >= 0.3 is 0 Å². The minimum Gasteiger partial charge on any atom is -0.325 e. The molecule has 0 radical (unpaired) electrons. The molecular weight excluding hydrogens is 383 g/mol. The Morgan fingerprint density at radius 1 is 1.40 bits per heavy atom. The molecule has 9 heteroatoms. The summed E-state index contributed by atoms with van der Waals surface area (Å²) < 4.78 is 0. The normalized spacial score (nSPS) is 19.4. The Morgan fingerprint density at radius 3 is 2.76 bits per heavy atom. The van der Waals surface area contributed by atoms with Gasteiger partial charge in [0.1, 0.15) is 5.25 Å². The number of amides is 2. The molecule has 1 aliphatic rings. The zero-order valence-corrected chi connectivity index (χ0v) is 16.3. The lowest BCUT2D eigenvalue weighted by Gasteiger charge is -2.09. The SMILES string of the molecule is CC(=NN=C1NC(=O)[C@@H](CC(=O)Nc2ccc(Cl)cc2Cl)S1)C(C)C. The molecule has 0 spiro atoms. The molecule has 0 unspecified atom stereocenters. The second-order valence-electron chi connectivity index (χ2n) is 5.77. The van der Waals surface area contributed by atoms with Crippen molar-refractivity contribution in [1.82, 2.24) is 5.32 Å². The van der Waals surface area contributed by atoms with E-state index in [0.717, 1.165) is 5.71 Å². The fourth-order valence-electron chi connectivity index (χ4n) is 1.79. The highest BCUT2D eigenvalue weighted by Gasteiger charge is 2.32.